The van der Waals surface area contributed by atoms with Gasteiger partial charge in [-0.1, -0.05) is 44.2 Å². The highest BCUT2D eigenvalue weighted by Gasteiger charge is 2.37. The summed E-state index contributed by atoms with van der Waals surface area (Å²) in [7, 11) is 0. The summed E-state index contributed by atoms with van der Waals surface area (Å²) in [6.07, 6.45) is 2.10. The van der Waals surface area contributed by atoms with Gasteiger partial charge in [-0.05, 0) is 37.4 Å². The first kappa shape index (κ1) is 15.0. The van der Waals surface area contributed by atoms with Gasteiger partial charge in [0.25, 0.3) is 0 Å². The van der Waals surface area contributed by atoms with E-state index in [9.17, 15) is 4.79 Å². The summed E-state index contributed by atoms with van der Waals surface area (Å²) in [4.78, 5) is 14.3. The Hall–Kier alpha value is -1.39. The molecule has 0 unspecified atom stereocenters. The molecule has 3 N–H and O–H groups in total. The van der Waals surface area contributed by atoms with Gasteiger partial charge < -0.3 is 0 Å². The van der Waals surface area contributed by atoms with Crippen LogP contribution in [0.2, 0.25) is 0 Å². The van der Waals surface area contributed by atoms with Crippen LogP contribution in [-0.2, 0) is 11.3 Å². The zero-order chi connectivity index (χ0) is 14.6. The Morgan fingerprint density at radius 2 is 1.90 bits per heavy atom. The maximum absolute atomic E-state index is 11.9. The van der Waals surface area contributed by atoms with Crippen LogP contribution in [0.15, 0.2) is 30.3 Å². The van der Waals surface area contributed by atoms with Crippen LogP contribution < -0.4 is 11.3 Å². The number of piperidine rings is 1. The minimum atomic E-state index is -0.381. The molecule has 1 heterocycles. The van der Waals surface area contributed by atoms with Gasteiger partial charge in [-0.3, -0.25) is 15.1 Å². The average Bonchev–Trinajstić information content (AvgIpc) is 2.48. The molecular weight excluding hydrogens is 250 g/mol. The van der Waals surface area contributed by atoms with Gasteiger partial charge >= 0.3 is 0 Å². The van der Waals surface area contributed by atoms with Gasteiger partial charge in [0.2, 0.25) is 5.91 Å². The van der Waals surface area contributed by atoms with Gasteiger partial charge in [-0.15, -0.1) is 0 Å². The fraction of sp³-hybridized carbons (Fsp3) is 0.562. The highest BCUT2D eigenvalue weighted by molar-refractivity contribution is 5.81. The Bertz CT molecular complexity index is 436. The van der Waals surface area contributed by atoms with Crippen LogP contribution in [0.4, 0.5) is 0 Å². The maximum atomic E-state index is 11.9. The van der Waals surface area contributed by atoms with Gasteiger partial charge in [0.05, 0.1) is 0 Å². The predicted octanol–water partition coefficient (Wildman–Crippen LogP) is 1.91. The highest BCUT2D eigenvalue weighted by Crippen LogP contribution is 2.35. The molecule has 1 aliphatic rings. The van der Waals surface area contributed by atoms with Gasteiger partial charge in [0.1, 0.15) is 0 Å². The van der Waals surface area contributed by atoms with Gasteiger partial charge in [-0.25, -0.2) is 5.84 Å². The number of nitrogens with zero attached hydrogens (tertiary/aromatic N) is 1. The molecule has 0 aromatic heterocycles. The first-order chi connectivity index (χ1) is 9.54. The smallest absolute Gasteiger partial charge is 0.239 e. The van der Waals surface area contributed by atoms with Crippen molar-refractivity contribution in [2.24, 2.45) is 17.2 Å². The molecule has 0 bridgehead atoms. The molecule has 0 radical (unpaired) electrons. The molecule has 1 aliphatic heterocycles. The van der Waals surface area contributed by atoms with Crippen LogP contribution in [0.25, 0.3) is 0 Å². The molecular formula is C16H25N3O. The van der Waals surface area contributed by atoms with Crippen molar-refractivity contribution < 1.29 is 4.79 Å². The summed E-state index contributed by atoms with van der Waals surface area (Å²) in [5, 5.41) is 0. The van der Waals surface area contributed by atoms with Gasteiger partial charge in [-0.2, -0.15) is 0 Å². The average molecular weight is 275 g/mol. The van der Waals surface area contributed by atoms with Crippen molar-refractivity contribution in [1.82, 2.24) is 10.3 Å². The van der Waals surface area contributed by atoms with E-state index >= 15 is 0 Å². The van der Waals surface area contributed by atoms with Crippen molar-refractivity contribution in [3.05, 3.63) is 35.9 Å². The summed E-state index contributed by atoms with van der Waals surface area (Å²) in [5.74, 6) is 5.63. The third-order valence-electron chi connectivity index (χ3n) is 4.57. The molecule has 0 spiro atoms. The molecule has 0 atom stereocenters. The molecule has 1 fully saturated rings. The number of benzene rings is 1. The molecule has 0 aliphatic carbocycles. The van der Waals surface area contributed by atoms with Crippen LogP contribution >= 0.6 is 0 Å². The van der Waals surface area contributed by atoms with Crippen LogP contribution in [0.1, 0.15) is 32.3 Å². The molecule has 4 nitrogen and oxygen atoms in total. The fourth-order valence-corrected chi connectivity index (χ4v) is 3.03. The van der Waals surface area contributed by atoms with Crippen molar-refractivity contribution in [2.75, 3.05) is 13.1 Å². The Labute approximate surface area is 121 Å². The zero-order valence-corrected chi connectivity index (χ0v) is 12.4. The Morgan fingerprint density at radius 3 is 2.45 bits per heavy atom. The molecule has 1 amide bonds. The van der Waals surface area contributed by atoms with E-state index in [1.165, 1.54) is 5.56 Å². The van der Waals surface area contributed by atoms with E-state index < -0.39 is 0 Å². The lowest BCUT2D eigenvalue weighted by molar-refractivity contribution is -0.133. The number of likely N-dealkylation sites (tertiary alicyclic amines) is 1. The molecule has 2 rings (SSSR count). The van der Waals surface area contributed by atoms with Crippen LogP contribution in [0.3, 0.4) is 0 Å². The summed E-state index contributed by atoms with van der Waals surface area (Å²) >= 11 is 0. The minimum absolute atomic E-state index is 0.0565. The number of nitrogens with one attached hydrogen (secondary N) is 1. The monoisotopic (exact) mass is 275 g/mol. The third kappa shape index (κ3) is 3.38. The zero-order valence-electron chi connectivity index (χ0n) is 12.4. The third-order valence-corrected chi connectivity index (χ3v) is 4.57. The Morgan fingerprint density at radius 1 is 1.30 bits per heavy atom. The van der Waals surface area contributed by atoms with Crippen LogP contribution in [0, 0.1) is 11.3 Å². The lowest BCUT2D eigenvalue weighted by Gasteiger charge is -2.39. The van der Waals surface area contributed by atoms with E-state index in [0.717, 1.165) is 32.5 Å². The molecule has 1 saturated heterocycles. The van der Waals surface area contributed by atoms with Crippen LogP contribution in [0.5, 0.6) is 0 Å². The quantitative estimate of drug-likeness (QED) is 0.501. The predicted molar refractivity (Wildman–Crippen MR) is 80.6 cm³/mol. The molecule has 0 saturated carbocycles. The second-order valence-corrected chi connectivity index (χ2v) is 6.23. The Balaban J connectivity index is 1.88. The molecule has 1 aromatic carbocycles. The second kappa shape index (κ2) is 6.37. The standard InChI is InChI=1S/C16H25N3O/c1-16(2,15(20)18-17)14-8-10-19(11-9-14)12-13-6-4-3-5-7-13/h3-7,14H,8-12,17H2,1-2H3,(H,18,20). The molecule has 1 aromatic rings. The van der Waals surface area contributed by atoms with E-state index in [2.05, 4.69) is 34.6 Å². The number of carbonyl (C=O) groups is 1. The van der Waals surface area contributed by atoms with E-state index in [1.54, 1.807) is 0 Å². The number of hydrazine groups is 1. The maximum Gasteiger partial charge on any atom is 0.239 e. The minimum Gasteiger partial charge on any atom is -0.299 e. The fourth-order valence-electron chi connectivity index (χ4n) is 3.03. The number of rotatable bonds is 4. The van der Waals surface area contributed by atoms with E-state index in [-0.39, 0.29) is 11.3 Å². The molecule has 4 heteroatoms. The first-order valence-electron chi connectivity index (χ1n) is 7.31. The molecule has 110 valence electrons. The number of carbonyl (C=O) groups excluding carboxylic acids is 1. The first-order valence-corrected chi connectivity index (χ1v) is 7.31. The van der Waals surface area contributed by atoms with E-state index in [1.807, 2.05) is 19.9 Å². The summed E-state index contributed by atoms with van der Waals surface area (Å²) < 4.78 is 0. The number of hydrogen-bond donors (Lipinski definition) is 2. The topological polar surface area (TPSA) is 58.4 Å². The van der Waals surface area contributed by atoms with Crippen molar-refractivity contribution in [1.29, 1.82) is 0 Å². The van der Waals surface area contributed by atoms with Gasteiger partial charge in [0, 0.05) is 12.0 Å². The second-order valence-electron chi connectivity index (χ2n) is 6.23. The normalized spacial score (nSPS) is 17.9. The van der Waals surface area contributed by atoms with Gasteiger partial charge in [0.15, 0.2) is 0 Å². The largest absolute Gasteiger partial charge is 0.299 e. The lowest BCUT2D eigenvalue weighted by atomic mass is 9.73. The van der Waals surface area contributed by atoms with Crippen molar-refractivity contribution in [3.63, 3.8) is 0 Å². The molecule has 20 heavy (non-hydrogen) atoms. The SMILES string of the molecule is CC(C)(C(=O)NN)C1CCN(Cc2ccccc2)CC1. The van der Waals surface area contributed by atoms with Crippen molar-refractivity contribution >= 4 is 5.91 Å². The van der Waals surface area contributed by atoms with E-state index in [0.29, 0.717) is 5.92 Å². The van der Waals surface area contributed by atoms with E-state index in [4.69, 9.17) is 5.84 Å². The number of hydrogen-bond acceptors (Lipinski definition) is 3. The number of nitrogens with two attached hydrogens (primary N) is 1. The summed E-state index contributed by atoms with van der Waals surface area (Å²) in [6, 6.07) is 10.5. The van der Waals surface area contributed by atoms with Crippen molar-refractivity contribution in [3.8, 4) is 0 Å². The lowest BCUT2D eigenvalue weighted by Crippen LogP contribution is -2.48. The highest BCUT2D eigenvalue weighted by atomic mass is 16.2. The summed E-state index contributed by atoms with van der Waals surface area (Å²) in [5.41, 5.74) is 3.27. The van der Waals surface area contributed by atoms with Crippen LogP contribution in [-0.4, -0.2) is 23.9 Å². The number of amides is 1. The van der Waals surface area contributed by atoms with Crippen molar-refractivity contribution in [2.45, 2.75) is 33.2 Å². The Kier molecular flexibility index (Phi) is 4.78. The summed E-state index contributed by atoms with van der Waals surface area (Å²) in [6.45, 7) is 7.07.